The normalized spacial score (nSPS) is 10.8. The van der Waals surface area contributed by atoms with Crippen molar-refractivity contribution in [3.63, 3.8) is 0 Å². The number of anilines is 1. The third-order valence-electron chi connectivity index (χ3n) is 3.08. The lowest BCUT2D eigenvalue weighted by molar-refractivity contribution is -0.599. The number of pyridine rings is 1. The van der Waals surface area contributed by atoms with E-state index in [9.17, 15) is 0 Å². The average Bonchev–Trinajstić information content (AvgIpc) is 2.46. The summed E-state index contributed by atoms with van der Waals surface area (Å²) in [4.78, 5) is 11.0. The fourth-order valence-corrected chi connectivity index (χ4v) is 2.22. The molecule has 2 heterocycles. The van der Waals surface area contributed by atoms with Gasteiger partial charge in [-0.25, -0.2) is 9.55 Å². The maximum atomic E-state index is 6.24. The molecule has 4 nitrogen and oxygen atoms in total. The van der Waals surface area contributed by atoms with Gasteiger partial charge in [-0.15, -0.1) is 0 Å². The van der Waals surface area contributed by atoms with Crippen molar-refractivity contribution in [3.8, 4) is 5.82 Å². The van der Waals surface area contributed by atoms with Gasteiger partial charge >= 0.3 is 5.82 Å². The van der Waals surface area contributed by atoms with Crippen LogP contribution >= 0.6 is 11.6 Å². The Kier molecular flexibility index (Phi) is 3.24. The average molecular weight is 286 g/mol. The van der Waals surface area contributed by atoms with E-state index < -0.39 is 0 Å². The highest BCUT2D eigenvalue weighted by Crippen LogP contribution is 2.17. The van der Waals surface area contributed by atoms with Gasteiger partial charge in [0.2, 0.25) is 10.7 Å². The van der Waals surface area contributed by atoms with Gasteiger partial charge in [-0.1, -0.05) is 23.7 Å². The van der Waals surface area contributed by atoms with Gasteiger partial charge in [0.1, 0.15) is 5.52 Å². The van der Waals surface area contributed by atoms with Crippen LogP contribution in [0.1, 0.15) is 0 Å². The molecule has 100 valence electrons. The van der Waals surface area contributed by atoms with Crippen LogP contribution in [0, 0.1) is 0 Å². The van der Waals surface area contributed by atoms with Gasteiger partial charge in [-0.3, -0.25) is 0 Å². The van der Waals surface area contributed by atoms with E-state index in [0.717, 1.165) is 16.7 Å². The minimum atomic E-state index is 0.395. The molecular formula is C15H14ClN4+. The summed E-state index contributed by atoms with van der Waals surface area (Å²) in [5.74, 6) is 0.635. The summed E-state index contributed by atoms with van der Waals surface area (Å²) in [5, 5.41) is 0.395. The third kappa shape index (κ3) is 2.30. The predicted molar refractivity (Wildman–Crippen MR) is 80.4 cm³/mol. The summed E-state index contributed by atoms with van der Waals surface area (Å²) in [6.45, 7) is 0. The van der Waals surface area contributed by atoms with Crippen molar-refractivity contribution < 1.29 is 4.57 Å². The molecule has 0 fully saturated rings. The molecule has 0 aliphatic rings. The highest BCUT2D eigenvalue weighted by atomic mass is 35.5. The van der Waals surface area contributed by atoms with E-state index >= 15 is 0 Å². The first kappa shape index (κ1) is 12.8. The van der Waals surface area contributed by atoms with Gasteiger partial charge in [0.05, 0.1) is 12.4 Å². The van der Waals surface area contributed by atoms with Crippen LogP contribution in [0.25, 0.3) is 16.9 Å². The topological polar surface area (TPSA) is 32.9 Å². The molecule has 1 aromatic carbocycles. The zero-order valence-corrected chi connectivity index (χ0v) is 12.0. The Morgan fingerprint density at radius 3 is 2.15 bits per heavy atom. The number of fused-ring (bicyclic) bond motifs is 1. The second kappa shape index (κ2) is 5.06. The molecule has 3 aromatic rings. The van der Waals surface area contributed by atoms with Crippen LogP contribution in [0.4, 0.5) is 5.69 Å². The van der Waals surface area contributed by atoms with Crippen LogP contribution in [0.5, 0.6) is 0 Å². The van der Waals surface area contributed by atoms with Gasteiger partial charge < -0.3 is 4.90 Å². The quantitative estimate of drug-likeness (QED) is 0.679. The standard InChI is InChI=1S/C15H14ClN4/c1-19(2)11-7-9-20(10-8-11)15-14(16)17-12-5-3-4-6-13(12)18-15/h3-10H,1-2H3/q+1. The molecule has 2 aromatic heterocycles. The predicted octanol–water partition coefficient (Wildman–Crippen LogP) is 2.63. The molecule has 0 aliphatic heterocycles. The number of hydrogen-bond donors (Lipinski definition) is 0. The van der Waals surface area contributed by atoms with Crippen LogP contribution < -0.4 is 9.47 Å². The molecule has 0 saturated heterocycles. The Morgan fingerprint density at radius 1 is 0.950 bits per heavy atom. The zero-order chi connectivity index (χ0) is 14.1. The first-order valence-electron chi connectivity index (χ1n) is 6.26. The Bertz CT molecular complexity index is 753. The van der Waals surface area contributed by atoms with Crippen molar-refractivity contribution in [2.75, 3.05) is 19.0 Å². The van der Waals surface area contributed by atoms with E-state index in [-0.39, 0.29) is 0 Å². The molecule has 0 spiro atoms. The first-order valence-corrected chi connectivity index (χ1v) is 6.64. The summed E-state index contributed by atoms with van der Waals surface area (Å²) in [5.41, 5.74) is 2.74. The van der Waals surface area contributed by atoms with Crippen molar-refractivity contribution in [2.24, 2.45) is 0 Å². The second-order valence-corrected chi connectivity index (χ2v) is 5.04. The van der Waals surface area contributed by atoms with Crippen molar-refractivity contribution in [2.45, 2.75) is 0 Å². The van der Waals surface area contributed by atoms with Crippen LogP contribution in [0.3, 0.4) is 0 Å². The molecule has 0 bridgehead atoms. The zero-order valence-electron chi connectivity index (χ0n) is 11.3. The number of aromatic nitrogens is 3. The lowest BCUT2D eigenvalue weighted by Crippen LogP contribution is -2.32. The van der Waals surface area contributed by atoms with Gasteiger partial charge in [0.25, 0.3) is 0 Å². The number of halogens is 1. The summed E-state index contributed by atoms with van der Waals surface area (Å²) in [6.07, 6.45) is 3.86. The van der Waals surface area contributed by atoms with E-state index in [1.165, 1.54) is 0 Å². The van der Waals surface area contributed by atoms with Gasteiger partial charge in [0, 0.05) is 31.9 Å². The second-order valence-electron chi connectivity index (χ2n) is 4.68. The highest BCUT2D eigenvalue weighted by molar-refractivity contribution is 6.31. The molecular weight excluding hydrogens is 272 g/mol. The van der Waals surface area contributed by atoms with Gasteiger partial charge in [-0.05, 0) is 17.1 Å². The van der Waals surface area contributed by atoms with Gasteiger partial charge in [-0.2, -0.15) is 0 Å². The summed E-state index contributed by atoms with van der Waals surface area (Å²) in [7, 11) is 4.00. The molecule has 0 radical (unpaired) electrons. The van der Waals surface area contributed by atoms with E-state index in [1.54, 1.807) is 0 Å². The Labute approximate surface area is 122 Å². The van der Waals surface area contributed by atoms with Crippen molar-refractivity contribution in [3.05, 3.63) is 53.9 Å². The van der Waals surface area contributed by atoms with Crippen molar-refractivity contribution >= 4 is 28.3 Å². The minimum Gasteiger partial charge on any atom is -0.377 e. The van der Waals surface area contributed by atoms with Crippen molar-refractivity contribution in [1.29, 1.82) is 0 Å². The van der Waals surface area contributed by atoms with E-state index in [1.807, 2.05) is 72.4 Å². The number of benzene rings is 1. The fraction of sp³-hybridized carbons (Fsp3) is 0.133. The molecule has 0 aliphatic carbocycles. The number of para-hydroxylation sites is 2. The van der Waals surface area contributed by atoms with Gasteiger partial charge in [0.15, 0.2) is 0 Å². The Balaban J connectivity index is 2.11. The van der Waals surface area contributed by atoms with Crippen molar-refractivity contribution in [1.82, 2.24) is 9.97 Å². The largest absolute Gasteiger partial charge is 0.377 e. The molecule has 0 unspecified atom stereocenters. The fourth-order valence-electron chi connectivity index (χ4n) is 1.99. The lowest BCUT2D eigenvalue weighted by atomic mass is 10.3. The number of hydrogen-bond acceptors (Lipinski definition) is 3. The maximum Gasteiger partial charge on any atom is 0.366 e. The monoisotopic (exact) mass is 285 g/mol. The highest BCUT2D eigenvalue weighted by Gasteiger charge is 2.17. The summed E-state index contributed by atoms with van der Waals surface area (Å²) >= 11 is 6.24. The van der Waals surface area contributed by atoms with Crippen LogP contribution in [0.15, 0.2) is 48.8 Å². The summed E-state index contributed by atoms with van der Waals surface area (Å²) in [6, 6.07) is 11.7. The number of rotatable bonds is 2. The molecule has 0 saturated carbocycles. The summed E-state index contributed by atoms with van der Waals surface area (Å²) < 4.78 is 1.87. The van der Waals surface area contributed by atoms with Crippen LogP contribution in [0.2, 0.25) is 5.15 Å². The van der Waals surface area contributed by atoms with Crippen LogP contribution in [-0.2, 0) is 0 Å². The molecule has 20 heavy (non-hydrogen) atoms. The molecule has 5 heteroatoms. The van der Waals surface area contributed by atoms with E-state index in [4.69, 9.17) is 11.6 Å². The Morgan fingerprint density at radius 2 is 1.55 bits per heavy atom. The van der Waals surface area contributed by atoms with Crippen LogP contribution in [-0.4, -0.2) is 24.1 Å². The molecule has 0 N–H and O–H groups in total. The van der Waals surface area contributed by atoms with E-state index in [0.29, 0.717) is 11.0 Å². The SMILES string of the molecule is CN(C)c1cc[n+](-c2nc3ccccc3nc2Cl)cc1. The molecule has 0 atom stereocenters. The molecule has 3 rings (SSSR count). The smallest absolute Gasteiger partial charge is 0.366 e. The lowest BCUT2D eigenvalue weighted by Gasteiger charge is -2.11. The first-order chi connectivity index (χ1) is 9.65. The maximum absolute atomic E-state index is 6.24. The Hall–Kier alpha value is -2.20. The minimum absolute atomic E-state index is 0.395. The number of nitrogens with zero attached hydrogens (tertiary/aromatic N) is 4. The van der Waals surface area contributed by atoms with E-state index in [2.05, 4.69) is 9.97 Å². The molecule has 0 amide bonds. The third-order valence-corrected chi connectivity index (χ3v) is 3.34.